The van der Waals surface area contributed by atoms with Crippen LogP contribution in [0.25, 0.3) is 0 Å². The van der Waals surface area contributed by atoms with Crippen molar-refractivity contribution in [3.05, 3.63) is 66.2 Å². The molecule has 0 bridgehead atoms. The Hall–Kier alpha value is -1.81. The Balaban J connectivity index is 1.54. The zero-order valence-electron chi connectivity index (χ0n) is 26.0. The maximum Gasteiger partial charge on any atom is 0.409 e. The van der Waals surface area contributed by atoms with Gasteiger partial charge in [0.2, 0.25) is 0 Å². The van der Waals surface area contributed by atoms with Crippen LogP contribution in [0.2, 0.25) is 0 Å². The standard InChI is InChI=1S/C35H55ClNO4P/c1-2-3-4-5-6-7-8-9-10-11-12-13-14-15-16-17-18-25-30-40-35(38)34(31-32-26-21-19-22-27-32)37-42(36,39)41-33-28-23-20-24-29-33/h19-24,26-29,34H,2-18,25,30-31H2,1H3,(H,37,39)/t34-,42?/m0/s1. The van der Waals surface area contributed by atoms with Crippen LogP contribution in [0.1, 0.15) is 128 Å². The van der Waals surface area contributed by atoms with E-state index >= 15 is 0 Å². The van der Waals surface area contributed by atoms with Crippen molar-refractivity contribution in [1.29, 1.82) is 0 Å². The zero-order valence-corrected chi connectivity index (χ0v) is 27.6. The van der Waals surface area contributed by atoms with Crippen molar-refractivity contribution in [3.8, 4) is 5.75 Å². The summed E-state index contributed by atoms with van der Waals surface area (Å²) in [4.78, 5) is 12.9. The first kappa shape index (κ1) is 36.4. The van der Waals surface area contributed by atoms with Crippen molar-refractivity contribution < 1.29 is 18.6 Å². The number of unbranched alkanes of at least 4 members (excludes halogenated alkanes) is 17. The van der Waals surface area contributed by atoms with Gasteiger partial charge in [-0.15, -0.1) is 0 Å². The number of carbonyl (C=O) groups is 1. The molecule has 0 saturated heterocycles. The second kappa shape index (κ2) is 23.6. The molecule has 7 heteroatoms. The minimum atomic E-state index is -3.82. The van der Waals surface area contributed by atoms with Crippen molar-refractivity contribution >= 4 is 24.1 Å². The third-order valence-corrected chi connectivity index (χ3v) is 9.15. The van der Waals surface area contributed by atoms with E-state index in [0.717, 1.165) is 24.8 Å². The van der Waals surface area contributed by atoms with Crippen LogP contribution in [0.4, 0.5) is 0 Å². The van der Waals surface area contributed by atoms with Gasteiger partial charge in [-0.3, -0.25) is 4.79 Å². The van der Waals surface area contributed by atoms with Gasteiger partial charge in [0.15, 0.2) is 0 Å². The van der Waals surface area contributed by atoms with Crippen molar-refractivity contribution in [2.45, 2.75) is 135 Å². The van der Waals surface area contributed by atoms with Crippen LogP contribution in [0.5, 0.6) is 5.75 Å². The van der Waals surface area contributed by atoms with Crippen LogP contribution < -0.4 is 9.61 Å². The molecule has 0 saturated carbocycles. The number of nitrogens with one attached hydrogen (secondary N) is 1. The Labute approximate surface area is 260 Å². The molecule has 0 heterocycles. The average molecular weight is 620 g/mol. The lowest BCUT2D eigenvalue weighted by atomic mass is 10.0. The highest BCUT2D eigenvalue weighted by atomic mass is 35.7. The van der Waals surface area contributed by atoms with Crippen LogP contribution >= 0.6 is 18.1 Å². The fourth-order valence-electron chi connectivity index (χ4n) is 5.14. The van der Waals surface area contributed by atoms with Crippen LogP contribution in [-0.4, -0.2) is 18.6 Å². The average Bonchev–Trinajstić information content (AvgIpc) is 2.98. The summed E-state index contributed by atoms with van der Waals surface area (Å²) in [7, 11) is 0. The van der Waals surface area contributed by atoms with Gasteiger partial charge in [0.25, 0.3) is 0 Å². The highest BCUT2D eigenvalue weighted by Crippen LogP contribution is 2.48. The quantitative estimate of drug-likeness (QED) is 0.0644. The minimum Gasteiger partial charge on any atom is -0.465 e. The van der Waals surface area contributed by atoms with Gasteiger partial charge in [-0.2, -0.15) is 0 Å². The molecule has 2 atom stereocenters. The predicted molar refractivity (Wildman–Crippen MR) is 177 cm³/mol. The van der Waals surface area contributed by atoms with Crippen LogP contribution in [0.3, 0.4) is 0 Å². The SMILES string of the molecule is CCCCCCCCCCCCCCCCCCCCOC(=O)[C@H](Cc1ccccc1)NP(=O)(Cl)Oc1ccccc1. The molecule has 1 unspecified atom stereocenters. The Morgan fingerprint density at radius 2 is 1.12 bits per heavy atom. The third-order valence-electron chi connectivity index (χ3n) is 7.59. The summed E-state index contributed by atoms with van der Waals surface area (Å²) in [6.07, 6.45) is 23.9. The second-order valence-corrected chi connectivity index (χ2v) is 14.2. The molecule has 0 aliphatic heterocycles. The van der Waals surface area contributed by atoms with Gasteiger partial charge in [0, 0.05) is 11.2 Å². The Bertz CT molecular complexity index is 975. The number of esters is 1. The first-order valence-electron chi connectivity index (χ1n) is 16.5. The molecule has 0 aliphatic carbocycles. The summed E-state index contributed by atoms with van der Waals surface area (Å²) in [5, 5.41) is 2.72. The van der Waals surface area contributed by atoms with Gasteiger partial charge in [-0.05, 0) is 30.5 Å². The molecular weight excluding hydrogens is 565 g/mol. The molecule has 0 aromatic heterocycles. The third kappa shape index (κ3) is 18.7. The van der Waals surface area contributed by atoms with E-state index in [4.69, 9.17) is 20.5 Å². The van der Waals surface area contributed by atoms with Crippen molar-refractivity contribution in [2.75, 3.05) is 6.61 Å². The predicted octanol–water partition coefficient (Wildman–Crippen LogP) is 11.2. The summed E-state index contributed by atoms with van der Waals surface area (Å²) in [5.41, 5.74) is 0.913. The Morgan fingerprint density at radius 3 is 1.60 bits per heavy atom. The van der Waals surface area contributed by atoms with Crippen LogP contribution in [0, 0.1) is 0 Å². The topological polar surface area (TPSA) is 64.6 Å². The number of para-hydroxylation sites is 1. The van der Waals surface area contributed by atoms with E-state index in [1.54, 1.807) is 24.3 Å². The van der Waals surface area contributed by atoms with Gasteiger partial charge in [-0.1, -0.05) is 165 Å². The molecule has 5 nitrogen and oxygen atoms in total. The lowest BCUT2D eigenvalue weighted by molar-refractivity contribution is -0.145. The van der Waals surface area contributed by atoms with Crippen LogP contribution in [-0.2, 0) is 20.5 Å². The van der Waals surface area contributed by atoms with Gasteiger partial charge in [0.05, 0.1) is 6.61 Å². The molecule has 0 amide bonds. The molecule has 236 valence electrons. The van der Waals surface area contributed by atoms with Crippen molar-refractivity contribution in [2.24, 2.45) is 0 Å². The lowest BCUT2D eigenvalue weighted by Gasteiger charge is -2.21. The number of ether oxygens (including phenoxy) is 1. The molecular formula is C35H55ClNO4P. The minimum absolute atomic E-state index is 0.299. The van der Waals surface area contributed by atoms with E-state index in [2.05, 4.69) is 12.0 Å². The maximum atomic E-state index is 13.0. The summed E-state index contributed by atoms with van der Waals surface area (Å²) in [6.45, 7) is -1.20. The Kier molecular flexibility index (Phi) is 20.5. The van der Waals surface area contributed by atoms with E-state index in [1.807, 2.05) is 36.4 Å². The number of hydrogen-bond donors (Lipinski definition) is 1. The molecule has 1 N–H and O–H groups in total. The van der Waals surface area contributed by atoms with Gasteiger partial charge in [-0.25, -0.2) is 9.65 Å². The Morgan fingerprint density at radius 1 is 0.690 bits per heavy atom. The highest BCUT2D eigenvalue weighted by Gasteiger charge is 2.31. The summed E-state index contributed by atoms with van der Waals surface area (Å²) in [5.74, 6) is -0.0997. The van der Waals surface area contributed by atoms with E-state index in [9.17, 15) is 9.36 Å². The van der Waals surface area contributed by atoms with E-state index in [-0.39, 0.29) is 0 Å². The largest absolute Gasteiger partial charge is 0.465 e. The first-order valence-corrected chi connectivity index (χ1v) is 19.1. The van der Waals surface area contributed by atoms with E-state index < -0.39 is 18.9 Å². The number of carbonyl (C=O) groups excluding carboxylic acids is 1. The molecule has 2 aromatic carbocycles. The number of rotatable bonds is 26. The molecule has 2 rings (SSSR count). The number of halogens is 1. The summed E-state index contributed by atoms with van der Waals surface area (Å²) < 4.78 is 24.0. The number of benzene rings is 2. The molecule has 0 spiro atoms. The summed E-state index contributed by atoms with van der Waals surface area (Å²) >= 11 is 6.21. The first-order chi connectivity index (χ1) is 20.5. The monoisotopic (exact) mass is 619 g/mol. The molecule has 42 heavy (non-hydrogen) atoms. The van der Waals surface area contributed by atoms with E-state index in [0.29, 0.717) is 18.8 Å². The van der Waals surface area contributed by atoms with Crippen LogP contribution in [0.15, 0.2) is 60.7 Å². The smallest absolute Gasteiger partial charge is 0.409 e. The van der Waals surface area contributed by atoms with Crippen molar-refractivity contribution in [3.63, 3.8) is 0 Å². The molecule has 0 radical (unpaired) electrons. The van der Waals surface area contributed by atoms with E-state index in [1.165, 1.54) is 96.3 Å². The van der Waals surface area contributed by atoms with Gasteiger partial charge in [0.1, 0.15) is 11.8 Å². The molecule has 0 fully saturated rings. The fourth-order valence-corrected chi connectivity index (χ4v) is 6.74. The van der Waals surface area contributed by atoms with Gasteiger partial charge >= 0.3 is 12.8 Å². The summed E-state index contributed by atoms with van der Waals surface area (Å²) in [6, 6.07) is 17.3. The number of hydrogen-bond acceptors (Lipinski definition) is 4. The lowest BCUT2D eigenvalue weighted by Crippen LogP contribution is -2.38. The highest BCUT2D eigenvalue weighted by molar-refractivity contribution is 7.84. The second-order valence-electron chi connectivity index (χ2n) is 11.4. The fraction of sp³-hybridized carbons (Fsp3) is 0.629. The zero-order chi connectivity index (χ0) is 30.1. The van der Waals surface area contributed by atoms with Crippen molar-refractivity contribution in [1.82, 2.24) is 5.09 Å². The molecule has 0 aliphatic rings. The van der Waals surface area contributed by atoms with Gasteiger partial charge < -0.3 is 9.26 Å². The maximum absolute atomic E-state index is 13.0. The molecule has 2 aromatic rings. The normalized spacial score (nSPS) is 13.4.